The molecule has 0 saturated carbocycles. The number of rotatable bonds is 2. The van der Waals surface area contributed by atoms with Gasteiger partial charge in [-0.25, -0.2) is 4.79 Å². The molecule has 1 aromatic carbocycles. The Morgan fingerprint density at radius 3 is 2.62 bits per heavy atom. The summed E-state index contributed by atoms with van der Waals surface area (Å²) in [5.41, 5.74) is 1.46. The second-order valence-corrected chi connectivity index (χ2v) is 4.20. The summed E-state index contributed by atoms with van der Waals surface area (Å²) >= 11 is 1.87. The van der Waals surface area contributed by atoms with E-state index in [2.05, 4.69) is 0 Å². The third kappa shape index (κ3) is 1.56. The fourth-order valence-electron chi connectivity index (χ4n) is 1.46. The monoisotopic (exact) mass is 194 g/mol. The summed E-state index contributed by atoms with van der Waals surface area (Å²) in [6.45, 7) is 0. The van der Waals surface area contributed by atoms with Crippen molar-refractivity contribution in [1.29, 1.82) is 0 Å². The lowest BCUT2D eigenvalue weighted by atomic mass is 9.96. The van der Waals surface area contributed by atoms with Crippen molar-refractivity contribution < 1.29 is 9.90 Å². The van der Waals surface area contributed by atoms with E-state index < -0.39 is 5.97 Å². The van der Waals surface area contributed by atoms with Crippen molar-refractivity contribution in [2.24, 2.45) is 0 Å². The SMILES string of the molecule is O=C(O)c1ccccc1C1CSC1. The van der Waals surface area contributed by atoms with E-state index in [1.54, 1.807) is 12.1 Å². The van der Waals surface area contributed by atoms with Crippen LogP contribution in [0, 0.1) is 0 Å². The number of carboxylic acids is 1. The van der Waals surface area contributed by atoms with Crippen LogP contribution < -0.4 is 0 Å². The van der Waals surface area contributed by atoms with E-state index in [9.17, 15) is 4.79 Å². The van der Waals surface area contributed by atoms with Crippen molar-refractivity contribution in [3.05, 3.63) is 35.4 Å². The van der Waals surface area contributed by atoms with Crippen molar-refractivity contribution in [3.8, 4) is 0 Å². The largest absolute Gasteiger partial charge is 0.478 e. The van der Waals surface area contributed by atoms with Crippen LogP contribution in [0.4, 0.5) is 0 Å². The molecule has 3 heteroatoms. The number of hydrogen-bond acceptors (Lipinski definition) is 2. The van der Waals surface area contributed by atoms with E-state index in [0.29, 0.717) is 11.5 Å². The Bertz CT molecular complexity index is 331. The maximum atomic E-state index is 10.9. The minimum atomic E-state index is -0.812. The van der Waals surface area contributed by atoms with Crippen LogP contribution in [-0.4, -0.2) is 22.6 Å². The third-order valence-corrected chi connectivity index (χ3v) is 3.55. The zero-order valence-electron chi connectivity index (χ0n) is 7.06. The Morgan fingerprint density at radius 1 is 1.38 bits per heavy atom. The van der Waals surface area contributed by atoms with E-state index in [0.717, 1.165) is 17.1 Å². The van der Waals surface area contributed by atoms with Gasteiger partial charge in [-0.1, -0.05) is 18.2 Å². The summed E-state index contributed by atoms with van der Waals surface area (Å²) in [5, 5.41) is 8.93. The Balaban J connectivity index is 2.36. The van der Waals surface area contributed by atoms with Crippen molar-refractivity contribution in [2.45, 2.75) is 5.92 Å². The fraction of sp³-hybridized carbons (Fsp3) is 0.300. The van der Waals surface area contributed by atoms with Gasteiger partial charge < -0.3 is 5.11 Å². The molecular weight excluding hydrogens is 184 g/mol. The molecule has 2 nitrogen and oxygen atoms in total. The highest BCUT2D eigenvalue weighted by Gasteiger charge is 2.24. The lowest BCUT2D eigenvalue weighted by Gasteiger charge is -2.26. The minimum Gasteiger partial charge on any atom is -0.478 e. The molecule has 1 fully saturated rings. The first kappa shape index (κ1) is 8.63. The molecule has 0 radical (unpaired) electrons. The Kier molecular flexibility index (Phi) is 2.27. The zero-order valence-corrected chi connectivity index (χ0v) is 7.88. The molecule has 68 valence electrons. The number of benzene rings is 1. The third-order valence-electron chi connectivity index (χ3n) is 2.27. The van der Waals surface area contributed by atoms with Gasteiger partial charge >= 0.3 is 5.97 Å². The van der Waals surface area contributed by atoms with Gasteiger partial charge in [0.25, 0.3) is 0 Å². The van der Waals surface area contributed by atoms with Gasteiger partial charge in [0.1, 0.15) is 0 Å². The topological polar surface area (TPSA) is 37.3 Å². The normalized spacial score (nSPS) is 16.6. The first-order chi connectivity index (χ1) is 6.29. The molecule has 0 aliphatic carbocycles. The summed E-state index contributed by atoms with van der Waals surface area (Å²) in [4.78, 5) is 10.9. The van der Waals surface area contributed by atoms with Gasteiger partial charge in [0.2, 0.25) is 0 Å². The maximum absolute atomic E-state index is 10.9. The van der Waals surface area contributed by atoms with Crippen LogP contribution >= 0.6 is 11.8 Å². The summed E-state index contributed by atoms with van der Waals surface area (Å²) in [7, 11) is 0. The zero-order chi connectivity index (χ0) is 9.26. The van der Waals surface area contributed by atoms with Gasteiger partial charge in [0.15, 0.2) is 0 Å². The predicted octanol–water partition coefficient (Wildman–Crippen LogP) is 2.22. The first-order valence-corrected chi connectivity index (χ1v) is 5.34. The van der Waals surface area contributed by atoms with E-state index in [1.807, 2.05) is 23.9 Å². The van der Waals surface area contributed by atoms with E-state index in [4.69, 9.17) is 5.11 Å². The van der Waals surface area contributed by atoms with Crippen LogP contribution in [0.15, 0.2) is 24.3 Å². The molecular formula is C10H10O2S. The van der Waals surface area contributed by atoms with Crippen LogP contribution in [0.25, 0.3) is 0 Å². The Hall–Kier alpha value is -0.960. The second-order valence-electron chi connectivity index (χ2n) is 3.13. The molecule has 1 saturated heterocycles. The predicted molar refractivity (Wildman–Crippen MR) is 53.5 cm³/mol. The van der Waals surface area contributed by atoms with Crippen LogP contribution in [0.3, 0.4) is 0 Å². The molecule has 0 spiro atoms. The molecule has 0 bridgehead atoms. The maximum Gasteiger partial charge on any atom is 0.335 e. The average molecular weight is 194 g/mol. The molecule has 0 amide bonds. The molecule has 1 aliphatic heterocycles. The van der Waals surface area contributed by atoms with Crippen molar-refractivity contribution in [3.63, 3.8) is 0 Å². The van der Waals surface area contributed by atoms with Crippen LogP contribution in [-0.2, 0) is 0 Å². The van der Waals surface area contributed by atoms with Gasteiger partial charge in [0.05, 0.1) is 5.56 Å². The van der Waals surface area contributed by atoms with E-state index in [1.165, 1.54) is 0 Å². The number of hydrogen-bond donors (Lipinski definition) is 1. The Labute approximate surface area is 81.0 Å². The highest BCUT2D eigenvalue weighted by atomic mass is 32.2. The first-order valence-electron chi connectivity index (χ1n) is 4.19. The van der Waals surface area contributed by atoms with Crippen LogP contribution in [0.5, 0.6) is 0 Å². The molecule has 0 atom stereocenters. The van der Waals surface area contributed by atoms with Crippen molar-refractivity contribution in [1.82, 2.24) is 0 Å². The molecule has 0 aromatic heterocycles. The molecule has 1 N–H and O–H groups in total. The summed E-state index contributed by atoms with van der Waals surface area (Å²) in [5.74, 6) is 1.76. The Morgan fingerprint density at radius 2 is 2.08 bits per heavy atom. The lowest BCUT2D eigenvalue weighted by Crippen LogP contribution is -2.18. The highest BCUT2D eigenvalue weighted by molar-refractivity contribution is 8.00. The molecule has 1 aliphatic rings. The number of carbonyl (C=O) groups is 1. The molecule has 1 heterocycles. The molecule has 1 aromatic rings. The lowest BCUT2D eigenvalue weighted by molar-refractivity contribution is 0.0695. The van der Waals surface area contributed by atoms with Crippen LogP contribution in [0.2, 0.25) is 0 Å². The van der Waals surface area contributed by atoms with Gasteiger partial charge in [-0.15, -0.1) is 0 Å². The van der Waals surface area contributed by atoms with Crippen molar-refractivity contribution >= 4 is 17.7 Å². The van der Waals surface area contributed by atoms with E-state index in [-0.39, 0.29) is 0 Å². The quantitative estimate of drug-likeness (QED) is 0.784. The van der Waals surface area contributed by atoms with Crippen LogP contribution in [0.1, 0.15) is 21.8 Å². The second kappa shape index (κ2) is 3.42. The summed E-state index contributed by atoms with van der Waals surface area (Å²) in [6.07, 6.45) is 0. The smallest absolute Gasteiger partial charge is 0.335 e. The highest BCUT2D eigenvalue weighted by Crippen LogP contribution is 2.35. The fourth-order valence-corrected chi connectivity index (χ4v) is 2.29. The number of aromatic carboxylic acids is 1. The van der Waals surface area contributed by atoms with Crippen molar-refractivity contribution in [2.75, 3.05) is 11.5 Å². The standard InChI is InChI=1S/C10H10O2S/c11-10(12)9-4-2-1-3-8(9)7-5-13-6-7/h1-4,7H,5-6H2,(H,11,12). The number of thioether (sulfide) groups is 1. The van der Waals surface area contributed by atoms with Gasteiger partial charge in [-0.05, 0) is 11.6 Å². The van der Waals surface area contributed by atoms with E-state index >= 15 is 0 Å². The molecule has 2 rings (SSSR count). The van der Waals surface area contributed by atoms with Gasteiger partial charge in [-0.2, -0.15) is 11.8 Å². The molecule has 0 unspecified atom stereocenters. The number of carboxylic acid groups (broad SMARTS) is 1. The minimum absolute atomic E-state index is 0.456. The average Bonchev–Trinajstić information content (AvgIpc) is 2.02. The molecule has 13 heavy (non-hydrogen) atoms. The summed E-state index contributed by atoms with van der Waals surface area (Å²) in [6, 6.07) is 7.29. The summed E-state index contributed by atoms with van der Waals surface area (Å²) < 4.78 is 0. The van der Waals surface area contributed by atoms with Gasteiger partial charge in [-0.3, -0.25) is 0 Å². The van der Waals surface area contributed by atoms with Gasteiger partial charge in [0, 0.05) is 17.4 Å².